The maximum Gasteiger partial charge on any atom is 0.270 e. The predicted molar refractivity (Wildman–Crippen MR) is 136 cm³/mol. The second kappa shape index (κ2) is 10.00. The van der Waals surface area contributed by atoms with Crippen molar-refractivity contribution in [3.8, 4) is 34.3 Å². The van der Waals surface area contributed by atoms with E-state index in [1.54, 1.807) is 23.0 Å². The molecule has 1 aliphatic rings. The van der Waals surface area contributed by atoms with E-state index in [1.807, 2.05) is 32.9 Å². The molecule has 5 rings (SSSR count). The van der Waals surface area contributed by atoms with Gasteiger partial charge in [-0.1, -0.05) is 12.1 Å². The van der Waals surface area contributed by atoms with Gasteiger partial charge in [0.25, 0.3) is 11.4 Å². The first-order valence-corrected chi connectivity index (χ1v) is 12.0. The van der Waals surface area contributed by atoms with Crippen molar-refractivity contribution in [2.45, 2.75) is 45.8 Å². The van der Waals surface area contributed by atoms with E-state index in [-0.39, 0.29) is 23.3 Å². The van der Waals surface area contributed by atoms with Crippen molar-refractivity contribution in [1.29, 1.82) is 0 Å². The van der Waals surface area contributed by atoms with Crippen LogP contribution in [0.15, 0.2) is 51.9 Å². The van der Waals surface area contributed by atoms with Crippen LogP contribution in [0.1, 0.15) is 37.4 Å². The molecule has 1 saturated heterocycles. The summed E-state index contributed by atoms with van der Waals surface area (Å²) >= 11 is 0. The number of nitrogens with zero attached hydrogens (tertiary/aromatic N) is 5. The highest BCUT2D eigenvalue weighted by molar-refractivity contribution is 5.69. The summed E-state index contributed by atoms with van der Waals surface area (Å²) < 4.78 is 13.0. The smallest absolute Gasteiger partial charge is 0.270 e. The number of aromatic nitrogens is 5. The van der Waals surface area contributed by atoms with Crippen LogP contribution in [-0.4, -0.2) is 44.0 Å². The lowest BCUT2D eigenvalue weighted by Crippen LogP contribution is -2.28. The minimum absolute atomic E-state index is 0.0132. The van der Waals surface area contributed by atoms with Crippen LogP contribution < -0.4 is 16.6 Å². The first-order valence-electron chi connectivity index (χ1n) is 12.0. The fourth-order valence-electron chi connectivity index (χ4n) is 4.21. The Morgan fingerprint density at radius 3 is 2.78 bits per heavy atom. The molecule has 1 aliphatic heterocycles. The van der Waals surface area contributed by atoms with Gasteiger partial charge in [-0.2, -0.15) is 0 Å². The Morgan fingerprint density at radius 1 is 1.19 bits per heavy atom. The number of anilines is 1. The Kier molecular flexibility index (Phi) is 6.62. The molecule has 186 valence electrons. The van der Waals surface area contributed by atoms with Gasteiger partial charge in [-0.25, -0.2) is 9.97 Å². The van der Waals surface area contributed by atoms with Gasteiger partial charge in [0.2, 0.25) is 5.89 Å². The molecule has 4 heterocycles. The Labute approximate surface area is 208 Å². The Bertz CT molecular complexity index is 1440. The molecule has 1 fully saturated rings. The summed E-state index contributed by atoms with van der Waals surface area (Å²) in [6.45, 7) is 8.25. The number of hydrogen-bond donors (Lipinski definition) is 2. The lowest BCUT2D eigenvalue weighted by molar-refractivity contribution is 0.190. The second-order valence-corrected chi connectivity index (χ2v) is 9.25. The van der Waals surface area contributed by atoms with Gasteiger partial charge in [0.15, 0.2) is 11.5 Å². The van der Waals surface area contributed by atoms with E-state index in [2.05, 4.69) is 31.5 Å². The molecule has 0 radical (unpaired) electrons. The van der Waals surface area contributed by atoms with Gasteiger partial charge in [0.1, 0.15) is 0 Å². The van der Waals surface area contributed by atoms with Gasteiger partial charge >= 0.3 is 0 Å². The van der Waals surface area contributed by atoms with E-state index >= 15 is 0 Å². The maximum atomic E-state index is 12.1. The molecule has 10 nitrogen and oxygen atoms in total. The molecule has 3 N–H and O–H groups in total. The Balaban J connectivity index is 1.40. The normalized spacial score (nSPS) is 15.6. The van der Waals surface area contributed by atoms with Crippen LogP contribution in [0, 0.1) is 6.92 Å². The van der Waals surface area contributed by atoms with E-state index in [0.29, 0.717) is 23.3 Å². The molecule has 4 aromatic rings. The number of pyridine rings is 1. The molecule has 0 unspecified atom stereocenters. The van der Waals surface area contributed by atoms with Crippen LogP contribution in [0.5, 0.6) is 0 Å². The number of ether oxygens (including phenoxy) is 1. The number of hydrogen-bond acceptors (Lipinski definition) is 9. The third kappa shape index (κ3) is 4.91. The molecule has 0 aliphatic carbocycles. The molecular weight excluding hydrogens is 458 g/mol. The zero-order valence-corrected chi connectivity index (χ0v) is 20.6. The molecule has 10 heteroatoms. The van der Waals surface area contributed by atoms with E-state index in [1.165, 1.54) is 11.6 Å². The lowest BCUT2D eigenvalue weighted by Gasteiger charge is -2.12. The molecule has 36 heavy (non-hydrogen) atoms. The highest BCUT2D eigenvalue weighted by Crippen LogP contribution is 2.29. The van der Waals surface area contributed by atoms with Gasteiger partial charge in [0.05, 0.1) is 18.5 Å². The highest BCUT2D eigenvalue weighted by Gasteiger charge is 2.19. The summed E-state index contributed by atoms with van der Waals surface area (Å²) in [7, 11) is 0. The Hall–Kier alpha value is -3.89. The number of nitrogen functional groups attached to an aromatic ring is 1. The van der Waals surface area contributed by atoms with E-state index in [9.17, 15) is 4.79 Å². The van der Waals surface area contributed by atoms with Crippen LogP contribution in [0.4, 0.5) is 5.82 Å². The average Bonchev–Trinajstić information content (AvgIpc) is 3.56. The van der Waals surface area contributed by atoms with Gasteiger partial charge in [-0.3, -0.25) is 4.79 Å². The van der Waals surface area contributed by atoms with Crippen LogP contribution in [0.3, 0.4) is 0 Å². The van der Waals surface area contributed by atoms with Crippen LogP contribution in [0.2, 0.25) is 0 Å². The summed E-state index contributed by atoms with van der Waals surface area (Å²) in [4.78, 5) is 21.0. The Morgan fingerprint density at radius 2 is 2.03 bits per heavy atom. The molecule has 1 aromatic carbocycles. The van der Waals surface area contributed by atoms with Gasteiger partial charge in [-0.15, -0.1) is 10.2 Å². The minimum atomic E-state index is -0.0800. The minimum Gasteiger partial charge on any atom is -0.414 e. The first kappa shape index (κ1) is 23.8. The van der Waals surface area contributed by atoms with Crippen molar-refractivity contribution in [2.24, 2.45) is 0 Å². The quantitative estimate of drug-likeness (QED) is 0.402. The second-order valence-electron chi connectivity index (χ2n) is 9.25. The molecule has 0 spiro atoms. The first-order chi connectivity index (χ1) is 17.4. The molecule has 0 amide bonds. The summed E-state index contributed by atoms with van der Waals surface area (Å²) in [6, 6.07) is 9.79. The average molecular weight is 488 g/mol. The fraction of sp³-hybridized carbons (Fsp3) is 0.346. The topological polar surface area (TPSA) is 134 Å². The van der Waals surface area contributed by atoms with Crippen LogP contribution in [0.25, 0.3) is 34.3 Å². The number of benzene rings is 1. The molecular formula is C26H29N7O3. The number of nitrogens with one attached hydrogen (secondary N) is 1. The largest absolute Gasteiger partial charge is 0.414 e. The van der Waals surface area contributed by atoms with Crippen LogP contribution >= 0.6 is 0 Å². The lowest BCUT2D eigenvalue weighted by atomic mass is 10.0. The zero-order chi connectivity index (χ0) is 25.2. The predicted octanol–water partition coefficient (Wildman–Crippen LogP) is 3.37. The SMILES string of the molecule is Cc1cc(CN[C@H]2CCOC2)ccc1-c1nnc(-c2nc(-c3ccc(=O)n(C(C)C)c3)cnc2N)o1. The van der Waals surface area contributed by atoms with E-state index < -0.39 is 0 Å². The molecule has 1 atom stereocenters. The fourth-order valence-corrected chi connectivity index (χ4v) is 4.21. The monoisotopic (exact) mass is 487 g/mol. The summed E-state index contributed by atoms with van der Waals surface area (Å²) in [5.74, 6) is 0.742. The van der Waals surface area contributed by atoms with Crippen molar-refractivity contribution in [1.82, 2.24) is 30.0 Å². The van der Waals surface area contributed by atoms with Gasteiger partial charge < -0.3 is 24.8 Å². The van der Waals surface area contributed by atoms with Crippen molar-refractivity contribution in [3.05, 3.63) is 64.2 Å². The highest BCUT2D eigenvalue weighted by atomic mass is 16.5. The number of aryl methyl sites for hydroxylation is 1. The van der Waals surface area contributed by atoms with E-state index in [4.69, 9.17) is 14.9 Å². The standard InChI is InChI=1S/C26H29N7O3/c1-15(2)33-13-18(5-7-22(33)34)21-12-29-24(27)23(30-21)26-32-31-25(36-26)20-6-4-17(10-16(20)3)11-28-19-8-9-35-14-19/h4-7,10,12-13,15,19,28H,8-9,11,14H2,1-3H3,(H2,27,29)/t19-/m0/s1. The zero-order valence-electron chi connectivity index (χ0n) is 20.6. The number of nitrogens with two attached hydrogens (primary N) is 1. The summed E-state index contributed by atoms with van der Waals surface area (Å²) in [6.07, 6.45) is 4.36. The molecule has 0 saturated carbocycles. The van der Waals surface area contributed by atoms with E-state index in [0.717, 1.165) is 42.9 Å². The van der Waals surface area contributed by atoms with Crippen molar-refractivity contribution in [3.63, 3.8) is 0 Å². The molecule has 3 aromatic heterocycles. The summed E-state index contributed by atoms with van der Waals surface area (Å²) in [5.41, 5.74) is 10.7. The maximum absolute atomic E-state index is 12.1. The van der Waals surface area contributed by atoms with Gasteiger partial charge in [-0.05, 0) is 50.5 Å². The number of rotatable bonds is 7. The third-order valence-electron chi connectivity index (χ3n) is 6.26. The summed E-state index contributed by atoms with van der Waals surface area (Å²) in [5, 5.41) is 12.0. The van der Waals surface area contributed by atoms with Crippen molar-refractivity contribution < 1.29 is 9.15 Å². The van der Waals surface area contributed by atoms with Crippen molar-refractivity contribution in [2.75, 3.05) is 18.9 Å². The van der Waals surface area contributed by atoms with Gasteiger partial charge in [0, 0.05) is 48.6 Å². The van der Waals surface area contributed by atoms with Crippen molar-refractivity contribution >= 4 is 5.82 Å². The third-order valence-corrected chi connectivity index (χ3v) is 6.26. The molecule has 0 bridgehead atoms. The van der Waals surface area contributed by atoms with Crippen LogP contribution in [-0.2, 0) is 11.3 Å².